The summed E-state index contributed by atoms with van der Waals surface area (Å²) >= 11 is 2.59. The van der Waals surface area contributed by atoms with Gasteiger partial charge in [0.25, 0.3) is 0 Å². The molecule has 0 aromatic rings. The van der Waals surface area contributed by atoms with Crippen LogP contribution in [0.1, 0.15) is 25.7 Å². The van der Waals surface area contributed by atoms with Crippen molar-refractivity contribution in [1.82, 2.24) is 0 Å². The molecule has 0 atom stereocenters. The molecule has 5 nitrogen and oxygen atoms in total. The third-order valence-corrected chi connectivity index (χ3v) is 3.08. The van der Waals surface area contributed by atoms with Gasteiger partial charge in [0.2, 0.25) is 11.8 Å². The average Bonchev–Trinajstić information content (AvgIpc) is 2.14. The molecule has 0 radical (unpaired) electrons. The van der Waals surface area contributed by atoms with E-state index >= 15 is 0 Å². The van der Waals surface area contributed by atoms with Crippen molar-refractivity contribution in [1.29, 1.82) is 0 Å². The fourth-order valence-corrected chi connectivity index (χ4v) is 2.05. The lowest BCUT2D eigenvalue weighted by Gasteiger charge is -2.00. The van der Waals surface area contributed by atoms with Gasteiger partial charge >= 0.3 is 0 Å². The SMILES string of the molecule is NC(=O)CCCSOSCCCC(N)=O. The first-order valence-corrected chi connectivity index (χ1v) is 6.42. The number of rotatable bonds is 10. The number of primary amides is 2. The Bertz CT molecular complexity index is 182. The van der Waals surface area contributed by atoms with Gasteiger partial charge < -0.3 is 11.5 Å². The van der Waals surface area contributed by atoms with Crippen LogP contribution in [0.2, 0.25) is 0 Å². The van der Waals surface area contributed by atoms with Gasteiger partial charge in [-0.3, -0.25) is 9.59 Å². The van der Waals surface area contributed by atoms with E-state index in [1.54, 1.807) is 0 Å². The number of hydrogen-bond donors (Lipinski definition) is 2. The molecule has 0 fully saturated rings. The van der Waals surface area contributed by atoms with Gasteiger partial charge in [0.1, 0.15) is 0 Å². The molecule has 0 aromatic heterocycles. The van der Waals surface area contributed by atoms with Crippen LogP contribution in [-0.4, -0.2) is 23.3 Å². The topological polar surface area (TPSA) is 95.4 Å². The second-order valence-corrected chi connectivity index (χ2v) is 4.68. The van der Waals surface area contributed by atoms with Gasteiger partial charge in [-0.2, -0.15) is 0 Å². The number of hydrogen-bond acceptors (Lipinski definition) is 5. The minimum absolute atomic E-state index is 0.287. The number of nitrogens with two attached hydrogens (primary N) is 2. The fraction of sp³-hybridized carbons (Fsp3) is 0.750. The molecular formula is C8H16N2O3S2. The summed E-state index contributed by atoms with van der Waals surface area (Å²) in [5, 5.41) is 0. The molecule has 15 heavy (non-hydrogen) atoms. The molecule has 88 valence electrons. The van der Waals surface area contributed by atoms with Gasteiger partial charge in [-0.1, -0.05) is 0 Å². The minimum Gasteiger partial charge on any atom is -0.370 e. The van der Waals surface area contributed by atoms with Crippen LogP contribution >= 0.6 is 24.1 Å². The van der Waals surface area contributed by atoms with E-state index in [1.165, 1.54) is 24.1 Å². The molecule has 0 bridgehead atoms. The Hall–Kier alpha value is -0.400. The third-order valence-electron chi connectivity index (χ3n) is 1.40. The average molecular weight is 252 g/mol. The lowest BCUT2D eigenvalue weighted by Crippen LogP contribution is -2.10. The van der Waals surface area contributed by atoms with E-state index in [2.05, 4.69) is 0 Å². The molecular weight excluding hydrogens is 236 g/mol. The Morgan fingerprint density at radius 1 is 0.933 bits per heavy atom. The number of carbonyl (C=O) groups is 2. The summed E-state index contributed by atoms with van der Waals surface area (Å²) < 4.78 is 5.13. The first-order valence-electron chi connectivity index (χ1n) is 4.60. The Labute approximate surface area is 98.1 Å². The van der Waals surface area contributed by atoms with Crippen LogP contribution in [0.3, 0.4) is 0 Å². The predicted molar refractivity (Wildman–Crippen MR) is 62.9 cm³/mol. The Balaban J connectivity index is 2.99. The molecule has 0 rings (SSSR count). The van der Waals surface area contributed by atoms with E-state index in [0.29, 0.717) is 12.8 Å². The van der Waals surface area contributed by atoms with E-state index in [1.807, 2.05) is 0 Å². The Kier molecular flexibility index (Phi) is 9.86. The smallest absolute Gasteiger partial charge is 0.217 e. The molecule has 0 spiro atoms. The Morgan fingerprint density at radius 2 is 1.33 bits per heavy atom. The molecule has 0 saturated carbocycles. The van der Waals surface area contributed by atoms with Crippen LogP contribution in [-0.2, 0) is 13.2 Å². The van der Waals surface area contributed by atoms with Crippen molar-refractivity contribution < 1.29 is 13.2 Å². The molecule has 7 heteroatoms. The van der Waals surface area contributed by atoms with Crippen LogP contribution in [0.5, 0.6) is 0 Å². The molecule has 0 aromatic carbocycles. The lowest BCUT2D eigenvalue weighted by molar-refractivity contribution is -0.118. The third kappa shape index (κ3) is 13.6. The van der Waals surface area contributed by atoms with Gasteiger partial charge in [0, 0.05) is 48.4 Å². The first kappa shape index (κ1) is 14.6. The number of amides is 2. The zero-order chi connectivity index (χ0) is 11.5. The Morgan fingerprint density at radius 3 is 1.67 bits per heavy atom. The monoisotopic (exact) mass is 252 g/mol. The zero-order valence-electron chi connectivity index (χ0n) is 8.44. The maximum atomic E-state index is 10.4. The van der Waals surface area contributed by atoms with Crippen molar-refractivity contribution >= 4 is 35.9 Å². The summed E-state index contributed by atoms with van der Waals surface area (Å²) in [5.41, 5.74) is 9.93. The summed E-state index contributed by atoms with van der Waals surface area (Å²) in [6.45, 7) is 0. The van der Waals surface area contributed by atoms with Crippen LogP contribution in [0.25, 0.3) is 0 Å². The fourth-order valence-electron chi connectivity index (χ4n) is 0.713. The largest absolute Gasteiger partial charge is 0.370 e. The highest BCUT2D eigenvalue weighted by Gasteiger charge is 1.97. The standard InChI is InChI=1S/C8H16N2O3S2/c9-7(11)3-1-5-14-13-15-6-2-4-8(10)12/h1-6H2,(H2,9,11)(H2,10,12). The van der Waals surface area contributed by atoms with Crippen molar-refractivity contribution in [2.24, 2.45) is 11.5 Å². The molecule has 2 amide bonds. The lowest BCUT2D eigenvalue weighted by atomic mass is 10.3. The maximum Gasteiger partial charge on any atom is 0.217 e. The molecule has 0 aliphatic heterocycles. The zero-order valence-corrected chi connectivity index (χ0v) is 10.1. The highest BCUT2D eigenvalue weighted by atomic mass is 32.2. The summed E-state index contributed by atoms with van der Waals surface area (Å²) in [7, 11) is 0. The number of carbonyl (C=O) groups excluding carboxylic acids is 2. The highest BCUT2D eigenvalue weighted by molar-refractivity contribution is 8.07. The normalized spacial score (nSPS) is 10.1. The van der Waals surface area contributed by atoms with Crippen LogP contribution in [0, 0.1) is 0 Å². The molecule has 4 N–H and O–H groups in total. The molecule has 0 saturated heterocycles. The van der Waals surface area contributed by atoms with Crippen LogP contribution < -0.4 is 11.5 Å². The summed E-state index contributed by atoms with van der Waals surface area (Å²) in [4.78, 5) is 20.7. The van der Waals surface area contributed by atoms with Crippen molar-refractivity contribution in [2.45, 2.75) is 25.7 Å². The summed E-state index contributed by atoms with van der Waals surface area (Å²) in [6.07, 6.45) is 2.23. The first-order chi connectivity index (χ1) is 7.13. The van der Waals surface area contributed by atoms with E-state index < -0.39 is 0 Å². The van der Waals surface area contributed by atoms with E-state index in [-0.39, 0.29) is 11.8 Å². The van der Waals surface area contributed by atoms with Gasteiger partial charge in [0.05, 0.1) is 0 Å². The summed E-state index contributed by atoms with van der Waals surface area (Å²) in [5.74, 6) is 0.909. The van der Waals surface area contributed by atoms with Gasteiger partial charge in [-0.15, -0.1) is 0 Å². The maximum absolute atomic E-state index is 10.4. The van der Waals surface area contributed by atoms with Crippen molar-refractivity contribution in [2.75, 3.05) is 11.5 Å². The quantitative estimate of drug-likeness (QED) is 0.443. The highest BCUT2D eigenvalue weighted by Crippen LogP contribution is 2.17. The van der Waals surface area contributed by atoms with E-state index in [0.717, 1.165) is 24.3 Å². The minimum atomic E-state index is -0.287. The van der Waals surface area contributed by atoms with Crippen molar-refractivity contribution in [3.63, 3.8) is 0 Å². The molecule has 0 aliphatic rings. The van der Waals surface area contributed by atoms with Gasteiger partial charge in [0.15, 0.2) is 0 Å². The molecule has 0 aliphatic carbocycles. The van der Waals surface area contributed by atoms with E-state index in [9.17, 15) is 9.59 Å². The second kappa shape index (κ2) is 10.1. The van der Waals surface area contributed by atoms with Gasteiger partial charge in [-0.25, -0.2) is 3.63 Å². The van der Waals surface area contributed by atoms with Gasteiger partial charge in [-0.05, 0) is 12.8 Å². The van der Waals surface area contributed by atoms with Crippen LogP contribution in [0.4, 0.5) is 0 Å². The molecule has 0 heterocycles. The predicted octanol–water partition coefficient (Wildman–Crippen LogP) is 0.830. The summed E-state index contributed by atoms with van der Waals surface area (Å²) in [6, 6.07) is 0. The van der Waals surface area contributed by atoms with Crippen LogP contribution in [0.15, 0.2) is 0 Å². The molecule has 0 unspecified atom stereocenters. The second-order valence-electron chi connectivity index (χ2n) is 2.85. The van der Waals surface area contributed by atoms with E-state index in [4.69, 9.17) is 15.1 Å². The van der Waals surface area contributed by atoms with Crippen molar-refractivity contribution in [3.05, 3.63) is 0 Å². The van der Waals surface area contributed by atoms with Crippen molar-refractivity contribution in [3.8, 4) is 0 Å².